The molecule has 1 saturated carbocycles. The van der Waals surface area contributed by atoms with Gasteiger partial charge in [-0.1, -0.05) is 42.5 Å². The van der Waals surface area contributed by atoms with E-state index in [9.17, 15) is 19.5 Å². The molecule has 0 heterocycles. The highest BCUT2D eigenvalue weighted by Gasteiger charge is 2.55. The second-order valence-electron chi connectivity index (χ2n) is 6.35. The van der Waals surface area contributed by atoms with E-state index in [1.54, 1.807) is 12.2 Å². The van der Waals surface area contributed by atoms with Crippen molar-refractivity contribution in [1.82, 2.24) is 0 Å². The molecule has 0 bridgehead atoms. The molecule has 0 amide bonds. The van der Waals surface area contributed by atoms with Crippen LogP contribution in [-0.2, 0) is 23.9 Å². The Hall–Kier alpha value is -2.47. The number of methoxy groups -OCH3 is 2. The van der Waals surface area contributed by atoms with Gasteiger partial charge in [0.1, 0.15) is 5.92 Å². The van der Waals surface area contributed by atoms with Crippen LogP contribution in [0, 0.1) is 17.8 Å². The number of benzene rings is 1. The first kappa shape index (κ1) is 18.9. The highest BCUT2D eigenvalue weighted by atomic mass is 16.5. The second kappa shape index (κ2) is 7.61. The zero-order valence-corrected chi connectivity index (χ0v) is 14.5. The van der Waals surface area contributed by atoms with Crippen LogP contribution in [0.5, 0.6) is 0 Å². The molecule has 0 aliphatic heterocycles. The lowest BCUT2D eigenvalue weighted by Gasteiger charge is -2.42. The fourth-order valence-corrected chi connectivity index (χ4v) is 3.36. The van der Waals surface area contributed by atoms with Gasteiger partial charge in [-0.3, -0.25) is 14.4 Å². The normalized spacial score (nSPS) is 29.4. The minimum Gasteiger partial charge on any atom is -0.469 e. The van der Waals surface area contributed by atoms with E-state index in [1.807, 2.05) is 30.3 Å². The van der Waals surface area contributed by atoms with E-state index in [0.717, 1.165) is 5.56 Å². The van der Waals surface area contributed by atoms with Gasteiger partial charge in [-0.15, -0.1) is 0 Å². The quantitative estimate of drug-likeness (QED) is 0.658. The Balaban J connectivity index is 2.49. The van der Waals surface area contributed by atoms with Crippen LogP contribution in [0.15, 0.2) is 36.4 Å². The van der Waals surface area contributed by atoms with Gasteiger partial charge < -0.3 is 14.6 Å². The first-order chi connectivity index (χ1) is 11.8. The standard InChI is InChI=1S/C19H22O6/c1-19(23)11-14(20)15(17(21)24-2)13(16(19)18(22)25-3)10-9-12-7-5-4-6-8-12/h4-10,13,15-16,23H,11H2,1-3H3/b10-9+/t13-,15-,16-,19-/m0/s1. The minimum atomic E-state index is -1.61. The third-order valence-corrected chi connectivity index (χ3v) is 4.54. The third kappa shape index (κ3) is 3.96. The van der Waals surface area contributed by atoms with Crippen LogP contribution in [0.4, 0.5) is 0 Å². The zero-order valence-electron chi connectivity index (χ0n) is 14.5. The summed E-state index contributed by atoms with van der Waals surface area (Å²) in [6.07, 6.45) is 3.00. The molecule has 1 N–H and O–H groups in total. The summed E-state index contributed by atoms with van der Waals surface area (Å²) >= 11 is 0. The number of aliphatic hydroxyl groups is 1. The van der Waals surface area contributed by atoms with E-state index in [-0.39, 0.29) is 6.42 Å². The van der Waals surface area contributed by atoms with Gasteiger partial charge in [-0.05, 0) is 12.5 Å². The van der Waals surface area contributed by atoms with Gasteiger partial charge in [0.2, 0.25) is 0 Å². The predicted octanol–water partition coefficient (Wildman–Crippen LogP) is 1.62. The Kier molecular flexibility index (Phi) is 5.74. The number of carbonyl (C=O) groups is 3. The maximum atomic E-state index is 12.4. The van der Waals surface area contributed by atoms with Crippen LogP contribution in [0.3, 0.4) is 0 Å². The van der Waals surface area contributed by atoms with Crippen LogP contribution >= 0.6 is 0 Å². The largest absolute Gasteiger partial charge is 0.469 e. The number of hydrogen-bond acceptors (Lipinski definition) is 6. The van der Waals surface area contributed by atoms with E-state index < -0.39 is 41.1 Å². The highest BCUT2D eigenvalue weighted by Crippen LogP contribution is 2.42. The van der Waals surface area contributed by atoms with E-state index >= 15 is 0 Å². The summed E-state index contributed by atoms with van der Waals surface area (Å²) in [5.74, 6) is -4.93. The Morgan fingerprint density at radius 1 is 1.16 bits per heavy atom. The van der Waals surface area contributed by atoms with Gasteiger partial charge in [0.05, 0.1) is 25.7 Å². The average Bonchev–Trinajstić information content (AvgIpc) is 2.58. The van der Waals surface area contributed by atoms with E-state index in [0.29, 0.717) is 0 Å². The summed E-state index contributed by atoms with van der Waals surface area (Å²) < 4.78 is 9.55. The maximum Gasteiger partial charge on any atom is 0.316 e. The summed E-state index contributed by atoms with van der Waals surface area (Å²) in [7, 11) is 2.40. The molecule has 1 fully saturated rings. The Labute approximate surface area is 146 Å². The van der Waals surface area contributed by atoms with Gasteiger partial charge in [-0.25, -0.2) is 0 Å². The van der Waals surface area contributed by atoms with Crippen LogP contribution in [0.2, 0.25) is 0 Å². The number of ether oxygens (including phenoxy) is 2. The number of carbonyl (C=O) groups excluding carboxylic acids is 3. The first-order valence-corrected chi connectivity index (χ1v) is 7.96. The van der Waals surface area contributed by atoms with Crippen LogP contribution in [0.25, 0.3) is 6.08 Å². The SMILES string of the molecule is COC(=O)[C@@H]1C(=O)C[C@](C)(O)[C@H](C(=O)OC)[C@H]1/C=C/c1ccccc1. The third-order valence-electron chi connectivity index (χ3n) is 4.54. The number of hydrogen-bond donors (Lipinski definition) is 1. The molecule has 6 heteroatoms. The van der Waals surface area contributed by atoms with E-state index in [1.165, 1.54) is 21.1 Å². The molecule has 2 rings (SSSR count). The van der Waals surface area contributed by atoms with Crippen molar-refractivity contribution < 1.29 is 29.0 Å². The summed E-state index contributed by atoms with van der Waals surface area (Å²) in [6, 6.07) is 9.24. The molecule has 0 unspecified atom stereocenters. The fourth-order valence-electron chi connectivity index (χ4n) is 3.36. The molecule has 0 aromatic heterocycles. The van der Waals surface area contributed by atoms with Crippen molar-refractivity contribution in [3.8, 4) is 0 Å². The van der Waals surface area contributed by atoms with Crippen molar-refractivity contribution in [3.05, 3.63) is 42.0 Å². The molecular weight excluding hydrogens is 324 g/mol. The molecular formula is C19H22O6. The molecule has 0 saturated heterocycles. The number of allylic oxidation sites excluding steroid dienone is 1. The lowest BCUT2D eigenvalue weighted by atomic mass is 9.63. The molecule has 1 aromatic rings. The molecule has 1 aliphatic carbocycles. The van der Waals surface area contributed by atoms with E-state index in [2.05, 4.69) is 0 Å². The average molecular weight is 346 g/mol. The smallest absolute Gasteiger partial charge is 0.316 e. The van der Waals surface area contributed by atoms with E-state index in [4.69, 9.17) is 9.47 Å². The van der Waals surface area contributed by atoms with Gasteiger partial charge in [0, 0.05) is 12.3 Å². The second-order valence-corrected chi connectivity index (χ2v) is 6.35. The molecule has 134 valence electrons. The van der Waals surface area contributed by atoms with Crippen molar-refractivity contribution in [2.24, 2.45) is 17.8 Å². The Morgan fingerprint density at radius 2 is 1.76 bits per heavy atom. The van der Waals surface area contributed by atoms with Crippen molar-refractivity contribution >= 4 is 23.8 Å². The van der Waals surface area contributed by atoms with Gasteiger partial charge in [-0.2, -0.15) is 0 Å². The number of rotatable bonds is 4. The monoisotopic (exact) mass is 346 g/mol. The maximum absolute atomic E-state index is 12.4. The van der Waals surface area contributed by atoms with Crippen LogP contribution < -0.4 is 0 Å². The van der Waals surface area contributed by atoms with Crippen molar-refractivity contribution in [2.45, 2.75) is 18.9 Å². The number of esters is 2. The van der Waals surface area contributed by atoms with Crippen molar-refractivity contribution in [2.75, 3.05) is 14.2 Å². The lowest BCUT2D eigenvalue weighted by molar-refractivity contribution is -0.172. The predicted molar refractivity (Wildman–Crippen MR) is 90.2 cm³/mol. The number of Topliss-reactive ketones (excluding diaryl/α,β-unsaturated/α-hetero) is 1. The Morgan fingerprint density at radius 3 is 2.32 bits per heavy atom. The summed E-state index contributed by atoms with van der Waals surface area (Å²) in [6.45, 7) is 1.41. The first-order valence-electron chi connectivity index (χ1n) is 7.96. The van der Waals surface area contributed by atoms with Gasteiger partial charge in [0.25, 0.3) is 0 Å². The molecule has 1 aromatic carbocycles. The fraction of sp³-hybridized carbons (Fsp3) is 0.421. The molecule has 1 aliphatic rings. The zero-order chi connectivity index (χ0) is 18.6. The molecule has 0 spiro atoms. The van der Waals surface area contributed by atoms with Gasteiger partial charge >= 0.3 is 11.9 Å². The molecule has 25 heavy (non-hydrogen) atoms. The summed E-state index contributed by atoms with van der Waals surface area (Å²) in [5, 5.41) is 10.6. The minimum absolute atomic E-state index is 0.317. The van der Waals surface area contributed by atoms with Crippen molar-refractivity contribution in [1.29, 1.82) is 0 Å². The van der Waals surface area contributed by atoms with Crippen molar-refractivity contribution in [3.63, 3.8) is 0 Å². The van der Waals surface area contributed by atoms with Crippen LogP contribution in [-0.4, -0.2) is 42.6 Å². The van der Waals surface area contributed by atoms with Gasteiger partial charge in [0.15, 0.2) is 5.78 Å². The molecule has 0 radical (unpaired) electrons. The molecule has 4 atom stereocenters. The Bertz CT molecular complexity index is 676. The topological polar surface area (TPSA) is 89.9 Å². The summed E-state index contributed by atoms with van der Waals surface area (Å²) in [5.41, 5.74) is -0.771. The summed E-state index contributed by atoms with van der Waals surface area (Å²) in [4.78, 5) is 36.9. The highest BCUT2D eigenvalue weighted by molar-refractivity contribution is 6.02. The van der Waals surface area contributed by atoms with Crippen LogP contribution in [0.1, 0.15) is 18.9 Å². The molecule has 6 nitrogen and oxygen atoms in total. The number of ketones is 1. The lowest BCUT2D eigenvalue weighted by Crippen LogP contribution is -2.55.